The van der Waals surface area contributed by atoms with Gasteiger partial charge >= 0.3 is 6.18 Å². The molecule has 1 amide bonds. The van der Waals surface area contributed by atoms with E-state index in [4.69, 9.17) is 11.6 Å². The predicted octanol–water partition coefficient (Wildman–Crippen LogP) is 5.60. The van der Waals surface area contributed by atoms with Crippen molar-refractivity contribution in [1.29, 1.82) is 0 Å². The summed E-state index contributed by atoms with van der Waals surface area (Å²) in [4.78, 5) is 14.5. The highest BCUT2D eigenvalue weighted by Crippen LogP contribution is 2.36. The van der Waals surface area contributed by atoms with Crippen LogP contribution in [0.2, 0.25) is 5.02 Å². The number of benzene rings is 2. The molecule has 0 radical (unpaired) electrons. The van der Waals surface area contributed by atoms with Crippen LogP contribution in [-0.4, -0.2) is 19.0 Å². The summed E-state index contributed by atoms with van der Waals surface area (Å²) in [7, 11) is 0. The Morgan fingerprint density at radius 3 is 2.27 bits per heavy atom. The van der Waals surface area contributed by atoms with Crippen LogP contribution >= 0.6 is 11.6 Å². The van der Waals surface area contributed by atoms with Gasteiger partial charge in [-0.25, -0.2) is 0 Å². The molecule has 1 saturated heterocycles. The van der Waals surface area contributed by atoms with Crippen molar-refractivity contribution in [2.75, 3.05) is 23.3 Å². The fraction of sp³-hybridized carbons (Fsp3) is 0.316. The second kappa shape index (κ2) is 7.58. The lowest BCUT2D eigenvalue weighted by Crippen LogP contribution is -2.30. The number of carbonyl (C=O) groups is 1. The SMILES string of the molecule is O=C(Nc1cc(C(F)(F)F)ccc1N1CCCCC1)c1ccc(Cl)cc1. The van der Waals surface area contributed by atoms with Crippen molar-refractivity contribution in [2.45, 2.75) is 25.4 Å². The molecular weight excluding hydrogens is 365 g/mol. The molecule has 26 heavy (non-hydrogen) atoms. The fourth-order valence-electron chi connectivity index (χ4n) is 3.02. The van der Waals surface area contributed by atoms with Gasteiger partial charge in [-0.05, 0) is 61.7 Å². The Bertz CT molecular complexity index is 784. The third-order valence-electron chi connectivity index (χ3n) is 4.38. The number of nitrogens with one attached hydrogen (secondary N) is 1. The molecule has 3 nitrogen and oxygen atoms in total. The summed E-state index contributed by atoms with van der Waals surface area (Å²) in [5.74, 6) is -0.473. The van der Waals surface area contributed by atoms with Crippen LogP contribution in [0.1, 0.15) is 35.2 Å². The molecule has 1 heterocycles. The Labute approximate surface area is 154 Å². The number of amides is 1. The number of hydrogen-bond donors (Lipinski definition) is 1. The topological polar surface area (TPSA) is 32.3 Å². The molecule has 0 saturated carbocycles. The van der Waals surface area contributed by atoms with Crippen molar-refractivity contribution >= 4 is 28.9 Å². The van der Waals surface area contributed by atoms with Gasteiger partial charge in [-0.2, -0.15) is 13.2 Å². The molecule has 0 aliphatic carbocycles. The minimum absolute atomic E-state index is 0.168. The third-order valence-corrected chi connectivity index (χ3v) is 4.63. The maximum atomic E-state index is 13.1. The molecule has 0 aromatic heterocycles. The number of alkyl halides is 3. The number of anilines is 2. The maximum Gasteiger partial charge on any atom is 0.416 e. The lowest BCUT2D eigenvalue weighted by molar-refractivity contribution is -0.137. The van der Waals surface area contributed by atoms with E-state index in [1.807, 2.05) is 4.90 Å². The van der Waals surface area contributed by atoms with E-state index in [9.17, 15) is 18.0 Å². The van der Waals surface area contributed by atoms with Crippen molar-refractivity contribution in [3.8, 4) is 0 Å². The highest BCUT2D eigenvalue weighted by molar-refractivity contribution is 6.30. The summed E-state index contributed by atoms with van der Waals surface area (Å²) in [6.07, 6.45) is -1.42. The van der Waals surface area contributed by atoms with Crippen LogP contribution < -0.4 is 10.2 Å². The number of rotatable bonds is 3. The minimum Gasteiger partial charge on any atom is -0.370 e. The van der Waals surface area contributed by atoms with Crippen molar-refractivity contribution in [2.24, 2.45) is 0 Å². The van der Waals surface area contributed by atoms with Crippen molar-refractivity contribution in [3.05, 3.63) is 58.6 Å². The smallest absolute Gasteiger partial charge is 0.370 e. The molecule has 1 aliphatic heterocycles. The van der Waals surface area contributed by atoms with E-state index in [0.717, 1.165) is 44.5 Å². The first kappa shape index (κ1) is 18.6. The molecule has 1 aliphatic rings. The van der Waals surface area contributed by atoms with Crippen LogP contribution in [-0.2, 0) is 6.18 Å². The average Bonchev–Trinajstić information content (AvgIpc) is 2.62. The molecular formula is C19H18ClF3N2O. The van der Waals surface area contributed by atoms with Gasteiger partial charge < -0.3 is 10.2 Å². The number of carbonyl (C=O) groups excluding carboxylic acids is 1. The Morgan fingerprint density at radius 2 is 1.65 bits per heavy atom. The first-order chi connectivity index (χ1) is 12.3. The molecule has 0 atom stereocenters. The number of halogens is 4. The van der Waals surface area contributed by atoms with Gasteiger partial charge in [-0.3, -0.25) is 4.79 Å². The minimum atomic E-state index is -4.47. The molecule has 0 unspecified atom stereocenters. The van der Waals surface area contributed by atoms with Crippen LogP contribution in [0.5, 0.6) is 0 Å². The Morgan fingerprint density at radius 1 is 1.00 bits per heavy atom. The van der Waals surface area contributed by atoms with Gasteiger partial charge in [0.15, 0.2) is 0 Å². The van der Waals surface area contributed by atoms with Crippen molar-refractivity contribution < 1.29 is 18.0 Å². The zero-order valence-corrected chi connectivity index (χ0v) is 14.7. The van der Waals surface area contributed by atoms with Crippen LogP contribution in [0.4, 0.5) is 24.5 Å². The fourth-order valence-corrected chi connectivity index (χ4v) is 3.14. The molecule has 138 valence electrons. The predicted molar refractivity (Wildman–Crippen MR) is 96.9 cm³/mol. The summed E-state index contributed by atoms with van der Waals surface area (Å²) >= 11 is 5.81. The highest BCUT2D eigenvalue weighted by atomic mass is 35.5. The third kappa shape index (κ3) is 4.30. The Hall–Kier alpha value is -2.21. The van der Waals surface area contributed by atoms with Gasteiger partial charge in [0.05, 0.1) is 16.9 Å². The van der Waals surface area contributed by atoms with E-state index in [-0.39, 0.29) is 5.69 Å². The number of piperidine rings is 1. The molecule has 7 heteroatoms. The van der Waals surface area contributed by atoms with E-state index in [2.05, 4.69) is 5.32 Å². The first-order valence-electron chi connectivity index (χ1n) is 8.38. The molecule has 3 rings (SSSR count). The molecule has 1 fully saturated rings. The molecule has 2 aromatic rings. The van der Waals surface area contributed by atoms with Crippen LogP contribution in [0.15, 0.2) is 42.5 Å². The monoisotopic (exact) mass is 382 g/mol. The van der Waals surface area contributed by atoms with E-state index in [0.29, 0.717) is 16.3 Å². The standard InChI is InChI=1S/C19H18ClF3N2O/c20-15-7-4-13(5-8-15)18(26)24-16-12-14(19(21,22)23)6-9-17(16)25-10-2-1-3-11-25/h4-9,12H,1-3,10-11H2,(H,24,26). The largest absolute Gasteiger partial charge is 0.416 e. The second-order valence-corrected chi connectivity index (χ2v) is 6.67. The molecule has 0 spiro atoms. The summed E-state index contributed by atoms with van der Waals surface area (Å²) in [5, 5.41) is 3.11. The van der Waals surface area contributed by atoms with E-state index in [1.165, 1.54) is 18.2 Å². The van der Waals surface area contributed by atoms with Crippen LogP contribution in [0.3, 0.4) is 0 Å². The van der Waals surface area contributed by atoms with E-state index < -0.39 is 17.6 Å². The number of hydrogen-bond acceptors (Lipinski definition) is 2. The second-order valence-electron chi connectivity index (χ2n) is 6.24. The first-order valence-corrected chi connectivity index (χ1v) is 8.75. The Kier molecular flexibility index (Phi) is 5.41. The molecule has 1 N–H and O–H groups in total. The zero-order valence-electron chi connectivity index (χ0n) is 13.9. The van der Waals surface area contributed by atoms with Crippen molar-refractivity contribution in [3.63, 3.8) is 0 Å². The summed E-state index contributed by atoms with van der Waals surface area (Å²) in [6.45, 7) is 1.52. The van der Waals surface area contributed by atoms with Gasteiger partial charge in [0.25, 0.3) is 5.91 Å². The normalized spacial score (nSPS) is 15.0. The van der Waals surface area contributed by atoms with E-state index in [1.54, 1.807) is 12.1 Å². The van der Waals surface area contributed by atoms with Gasteiger partial charge in [0, 0.05) is 23.7 Å². The van der Waals surface area contributed by atoms with Gasteiger partial charge in [0.1, 0.15) is 0 Å². The van der Waals surface area contributed by atoms with Crippen LogP contribution in [0.25, 0.3) is 0 Å². The average molecular weight is 383 g/mol. The summed E-state index contributed by atoms with van der Waals surface area (Å²) in [5.41, 5.74) is 0.322. The Balaban J connectivity index is 1.93. The highest BCUT2D eigenvalue weighted by Gasteiger charge is 2.32. The van der Waals surface area contributed by atoms with Gasteiger partial charge in [-0.15, -0.1) is 0 Å². The summed E-state index contributed by atoms with van der Waals surface area (Å²) < 4.78 is 39.3. The maximum absolute atomic E-state index is 13.1. The number of nitrogens with zero attached hydrogens (tertiary/aromatic N) is 1. The van der Waals surface area contributed by atoms with Gasteiger partial charge in [0.2, 0.25) is 0 Å². The van der Waals surface area contributed by atoms with Gasteiger partial charge in [-0.1, -0.05) is 11.6 Å². The van der Waals surface area contributed by atoms with Crippen LogP contribution in [0, 0.1) is 0 Å². The zero-order chi connectivity index (χ0) is 18.7. The quantitative estimate of drug-likeness (QED) is 0.749. The lowest BCUT2D eigenvalue weighted by atomic mass is 10.1. The molecule has 0 bridgehead atoms. The van der Waals surface area contributed by atoms with E-state index >= 15 is 0 Å². The lowest BCUT2D eigenvalue weighted by Gasteiger charge is -2.31. The summed E-state index contributed by atoms with van der Waals surface area (Å²) in [6, 6.07) is 9.69. The van der Waals surface area contributed by atoms with Crippen molar-refractivity contribution in [1.82, 2.24) is 0 Å². The molecule has 2 aromatic carbocycles.